The van der Waals surface area contributed by atoms with Crippen LogP contribution in [-0.2, 0) is 14.1 Å². The molecule has 0 N–H and O–H groups in total. The molecule has 0 aliphatic carbocycles. The zero-order valence-electron chi connectivity index (χ0n) is 15.8. The van der Waals surface area contributed by atoms with Gasteiger partial charge in [0.1, 0.15) is 5.73 Å². The van der Waals surface area contributed by atoms with Crippen molar-refractivity contribution in [3.8, 4) is 0 Å². The summed E-state index contributed by atoms with van der Waals surface area (Å²) in [6.45, 7) is 7.41. The molecule has 0 atom stereocenters. The molecule has 27 heavy (non-hydrogen) atoms. The van der Waals surface area contributed by atoms with Gasteiger partial charge in [-0.1, -0.05) is 36.4 Å². The molecular weight excluding hydrogens is 344 g/mol. The Morgan fingerprint density at radius 3 is 2.11 bits per heavy atom. The first kappa shape index (κ1) is 18.0. The Hall–Kier alpha value is -2.44. The van der Waals surface area contributed by atoms with Gasteiger partial charge in [-0.05, 0) is 45.9 Å². The maximum atomic E-state index is 15.5. The summed E-state index contributed by atoms with van der Waals surface area (Å²) in [7, 11) is -1.21. The first-order valence-electron chi connectivity index (χ1n) is 8.97. The van der Waals surface area contributed by atoms with Crippen molar-refractivity contribution in [1.29, 1.82) is 0 Å². The van der Waals surface area contributed by atoms with E-state index in [9.17, 15) is 4.79 Å². The molecule has 0 unspecified atom stereocenters. The topological polar surface area (TPSA) is 38.8 Å². The number of para-hydroxylation sites is 2. The lowest BCUT2D eigenvalue weighted by molar-refractivity contribution is -0.112. The molecule has 2 heterocycles. The fourth-order valence-electron chi connectivity index (χ4n) is 3.35. The number of amides is 1. The molecule has 2 aliphatic heterocycles. The molecule has 2 aromatic rings. The summed E-state index contributed by atoms with van der Waals surface area (Å²) < 4.78 is 27.1. The van der Waals surface area contributed by atoms with Crippen molar-refractivity contribution in [1.82, 2.24) is 0 Å². The molecular formula is C21H21BFNO3. The number of carbonyl (C=O) groups is 1. The average Bonchev–Trinajstić information content (AvgIpc) is 3.04. The molecule has 0 aromatic heterocycles. The van der Waals surface area contributed by atoms with Gasteiger partial charge in [-0.2, -0.15) is 0 Å². The second-order valence-electron chi connectivity index (χ2n) is 7.80. The van der Waals surface area contributed by atoms with E-state index in [4.69, 9.17) is 9.31 Å². The number of carbonyl (C=O) groups excluding carboxylic acids is 1. The fourth-order valence-corrected chi connectivity index (χ4v) is 3.35. The number of rotatable bonds is 2. The summed E-state index contributed by atoms with van der Waals surface area (Å²) in [6, 6.07) is 16.4. The second-order valence-corrected chi connectivity index (χ2v) is 7.80. The minimum absolute atomic E-state index is 0.00652. The molecule has 0 saturated carbocycles. The monoisotopic (exact) mass is 365 g/mol. The van der Waals surface area contributed by atoms with Crippen LogP contribution in [0.4, 0.5) is 15.8 Å². The van der Waals surface area contributed by atoms with Gasteiger partial charge in [0.05, 0.1) is 22.5 Å². The third kappa shape index (κ3) is 2.71. The van der Waals surface area contributed by atoms with Crippen LogP contribution in [0.25, 0.3) is 5.57 Å². The van der Waals surface area contributed by atoms with E-state index in [-0.39, 0.29) is 5.57 Å². The van der Waals surface area contributed by atoms with Gasteiger partial charge in [0.25, 0.3) is 5.91 Å². The number of benzene rings is 2. The van der Waals surface area contributed by atoms with Gasteiger partial charge in [-0.3, -0.25) is 9.69 Å². The summed E-state index contributed by atoms with van der Waals surface area (Å²) >= 11 is 0. The molecule has 2 aromatic carbocycles. The summed E-state index contributed by atoms with van der Waals surface area (Å²) in [5.74, 6) is -0.422. The normalized spacial score (nSPS) is 22.2. The van der Waals surface area contributed by atoms with Gasteiger partial charge < -0.3 is 9.31 Å². The lowest BCUT2D eigenvalue weighted by Gasteiger charge is -2.32. The minimum atomic E-state index is -1.21. The highest BCUT2D eigenvalue weighted by molar-refractivity contribution is 6.58. The summed E-state index contributed by atoms with van der Waals surface area (Å²) in [5.41, 5.74) is -0.191. The molecule has 4 rings (SSSR count). The van der Waals surface area contributed by atoms with Crippen LogP contribution < -0.4 is 4.90 Å². The Morgan fingerprint density at radius 1 is 0.926 bits per heavy atom. The molecule has 4 nitrogen and oxygen atoms in total. The van der Waals surface area contributed by atoms with E-state index < -0.39 is 30.0 Å². The Morgan fingerprint density at radius 2 is 1.48 bits per heavy atom. The highest BCUT2D eigenvalue weighted by Crippen LogP contribution is 2.46. The number of nitrogens with zero attached hydrogens (tertiary/aromatic N) is 1. The third-order valence-electron chi connectivity index (χ3n) is 5.54. The van der Waals surface area contributed by atoms with E-state index in [1.807, 2.05) is 70.2 Å². The fraction of sp³-hybridized carbons (Fsp3) is 0.286. The van der Waals surface area contributed by atoms with Crippen LogP contribution in [0, 0.1) is 0 Å². The quantitative estimate of drug-likeness (QED) is 0.573. The Labute approximate surface area is 158 Å². The molecule has 2 aliphatic rings. The Kier molecular flexibility index (Phi) is 4.02. The molecule has 6 heteroatoms. The standard InChI is InChI=1S/C21H21BFNO3/c1-20(2)21(3,4)27-22(26-20)18(23)17-15-12-8-9-13-16(15)24(19(17)25)14-10-6-5-7-11-14/h5-13H,1-4H3. The first-order chi connectivity index (χ1) is 12.7. The van der Waals surface area contributed by atoms with E-state index in [1.54, 1.807) is 12.1 Å². The smallest absolute Gasteiger partial charge is 0.398 e. The van der Waals surface area contributed by atoms with Gasteiger partial charge in [0, 0.05) is 11.3 Å². The summed E-state index contributed by atoms with van der Waals surface area (Å²) in [6.07, 6.45) is 0. The van der Waals surface area contributed by atoms with E-state index >= 15 is 4.39 Å². The molecule has 0 spiro atoms. The van der Waals surface area contributed by atoms with Gasteiger partial charge in [-0.15, -0.1) is 0 Å². The highest BCUT2D eigenvalue weighted by Gasteiger charge is 2.54. The average molecular weight is 365 g/mol. The lowest BCUT2D eigenvalue weighted by Crippen LogP contribution is -2.41. The van der Waals surface area contributed by atoms with Gasteiger partial charge in [0.2, 0.25) is 0 Å². The predicted molar refractivity (Wildman–Crippen MR) is 104 cm³/mol. The number of hydrogen-bond donors (Lipinski definition) is 0. The molecule has 0 radical (unpaired) electrons. The van der Waals surface area contributed by atoms with Gasteiger partial charge >= 0.3 is 7.12 Å². The number of anilines is 2. The summed E-state index contributed by atoms with van der Waals surface area (Å²) in [5, 5.41) is 0. The van der Waals surface area contributed by atoms with Crippen molar-refractivity contribution in [2.75, 3.05) is 4.90 Å². The molecule has 1 saturated heterocycles. The van der Waals surface area contributed by atoms with Crippen molar-refractivity contribution < 1.29 is 18.5 Å². The van der Waals surface area contributed by atoms with Gasteiger partial charge in [-0.25, -0.2) is 4.39 Å². The van der Waals surface area contributed by atoms with Crippen molar-refractivity contribution in [3.63, 3.8) is 0 Å². The molecule has 1 amide bonds. The maximum Gasteiger partial charge on any atom is 0.526 e. The van der Waals surface area contributed by atoms with E-state index in [1.165, 1.54) is 4.90 Å². The lowest BCUT2D eigenvalue weighted by atomic mass is 9.83. The number of hydrogen-bond acceptors (Lipinski definition) is 3. The van der Waals surface area contributed by atoms with Crippen LogP contribution in [0.15, 0.2) is 60.3 Å². The molecule has 138 valence electrons. The van der Waals surface area contributed by atoms with Crippen LogP contribution in [0.1, 0.15) is 33.3 Å². The van der Waals surface area contributed by atoms with Crippen molar-refractivity contribution in [2.45, 2.75) is 38.9 Å². The van der Waals surface area contributed by atoms with Gasteiger partial charge in [0.15, 0.2) is 0 Å². The van der Waals surface area contributed by atoms with E-state index in [0.29, 0.717) is 16.9 Å². The number of halogens is 1. The SMILES string of the molecule is CC1(C)OB(C(F)=C2C(=O)N(c3ccccc3)c3ccccc32)OC1(C)C. The number of fused-ring (bicyclic) bond motifs is 1. The second kappa shape index (κ2) is 6.04. The summed E-state index contributed by atoms with van der Waals surface area (Å²) in [4.78, 5) is 14.7. The van der Waals surface area contributed by atoms with Crippen LogP contribution >= 0.6 is 0 Å². The Balaban J connectivity index is 1.82. The van der Waals surface area contributed by atoms with Crippen LogP contribution in [0.2, 0.25) is 0 Å². The predicted octanol–water partition coefficient (Wildman–Crippen LogP) is 4.68. The van der Waals surface area contributed by atoms with Crippen LogP contribution in [0.3, 0.4) is 0 Å². The highest BCUT2D eigenvalue weighted by atomic mass is 19.1. The van der Waals surface area contributed by atoms with Crippen molar-refractivity contribution in [2.24, 2.45) is 0 Å². The third-order valence-corrected chi connectivity index (χ3v) is 5.54. The zero-order valence-corrected chi connectivity index (χ0v) is 15.8. The molecule has 1 fully saturated rings. The molecule has 0 bridgehead atoms. The van der Waals surface area contributed by atoms with Crippen molar-refractivity contribution in [3.05, 3.63) is 65.9 Å². The van der Waals surface area contributed by atoms with Crippen LogP contribution in [0.5, 0.6) is 0 Å². The van der Waals surface area contributed by atoms with E-state index in [2.05, 4.69) is 0 Å². The zero-order chi connectivity index (χ0) is 19.4. The largest absolute Gasteiger partial charge is 0.526 e. The van der Waals surface area contributed by atoms with Crippen LogP contribution in [-0.4, -0.2) is 24.2 Å². The van der Waals surface area contributed by atoms with E-state index in [0.717, 1.165) is 0 Å². The Bertz CT molecular complexity index is 923. The van der Waals surface area contributed by atoms with Crippen molar-refractivity contribution >= 4 is 30.0 Å². The first-order valence-corrected chi connectivity index (χ1v) is 8.97. The maximum absolute atomic E-state index is 15.5. The minimum Gasteiger partial charge on any atom is -0.398 e.